The maximum atomic E-state index is 12.4. The van der Waals surface area contributed by atoms with Crippen LogP contribution in [0.2, 0.25) is 0 Å². The predicted octanol–water partition coefficient (Wildman–Crippen LogP) is 4.80. The summed E-state index contributed by atoms with van der Waals surface area (Å²) in [6.45, 7) is 3.64. The van der Waals surface area contributed by atoms with Crippen molar-refractivity contribution in [1.29, 1.82) is 0 Å². The smallest absolute Gasteiger partial charge is 0.358 e. The summed E-state index contributed by atoms with van der Waals surface area (Å²) in [6, 6.07) is 17.0. The van der Waals surface area contributed by atoms with E-state index in [1.807, 2.05) is 42.5 Å². The summed E-state index contributed by atoms with van der Waals surface area (Å²) < 4.78 is 5.31. The molecule has 5 heteroatoms. The number of Topliss-reactive ketones (excluding diaryl/α,β-unsaturated/α-hetero) is 1. The van der Waals surface area contributed by atoms with Gasteiger partial charge in [-0.3, -0.25) is 4.79 Å². The standard InChI is InChI=1S/C21H19NO3S/c1-3-15-9-11-16(12-10-15)19(23)14(2)25-21(24)18-13-26-20(22-18)17-7-5-4-6-8-17/h4-14H,3H2,1-2H3/t14-/m0/s1. The van der Waals surface area contributed by atoms with Crippen LogP contribution in [-0.4, -0.2) is 22.8 Å². The predicted molar refractivity (Wildman–Crippen MR) is 103 cm³/mol. The molecule has 0 aliphatic carbocycles. The van der Waals surface area contributed by atoms with E-state index >= 15 is 0 Å². The molecule has 0 aliphatic rings. The minimum atomic E-state index is -0.864. The number of ether oxygens (including phenoxy) is 1. The molecule has 26 heavy (non-hydrogen) atoms. The van der Waals surface area contributed by atoms with Crippen LogP contribution in [-0.2, 0) is 11.2 Å². The van der Waals surface area contributed by atoms with Crippen LogP contribution >= 0.6 is 11.3 Å². The average molecular weight is 365 g/mol. The van der Waals surface area contributed by atoms with Crippen LogP contribution in [0.4, 0.5) is 0 Å². The molecule has 0 fully saturated rings. The van der Waals surface area contributed by atoms with Gasteiger partial charge < -0.3 is 4.74 Å². The zero-order valence-corrected chi connectivity index (χ0v) is 15.5. The Hall–Kier alpha value is -2.79. The number of aryl methyl sites for hydroxylation is 1. The van der Waals surface area contributed by atoms with Gasteiger partial charge in [-0.05, 0) is 18.9 Å². The quantitative estimate of drug-likeness (QED) is 0.465. The maximum Gasteiger partial charge on any atom is 0.358 e. The molecule has 1 heterocycles. The normalized spacial score (nSPS) is 11.8. The third-order valence-electron chi connectivity index (χ3n) is 4.03. The van der Waals surface area contributed by atoms with Crippen LogP contribution in [0.25, 0.3) is 10.6 Å². The molecular formula is C21H19NO3S. The second kappa shape index (κ2) is 8.06. The van der Waals surface area contributed by atoms with E-state index in [1.165, 1.54) is 11.3 Å². The molecule has 0 saturated carbocycles. The molecule has 0 bridgehead atoms. The van der Waals surface area contributed by atoms with E-state index in [9.17, 15) is 9.59 Å². The number of rotatable bonds is 6. The molecule has 0 spiro atoms. The SMILES string of the molecule is CCc1ccc(C(=O)[C@H](C)OC(=O)c2csc(-c3ccccc3)n2)cc1. The number of benzene rings is 2. The average Bonchev–Trinajstić information content (AvgIpc) is 3.18. The van der Waals surface area contributed by atoms with Crippen molar-refractivity contribution < 1.29 is 14.3 Å². The highest BCUT2D eigenvalue weighted by molar-refractivity contribution is 7.13. The molecule has 132 valence electrons. The molecule has 3 rings (SSSR count). The largest absolute Gasteiger partial charge is 0.450 e. The lowest BCUT2D eigenvalue weighted by Crippen LogP contribution is -2.24. The Morgan fingerprint density at radius 1 is 1.08 bits per heavy atom. The minimum absolute atomic E-state index is 0.217. The molecule has 4 nitrogen and oxygen atoms in total. The lowest BCUT2D eigenvalue weighted by molar-refractivity contribution is 0.0314. The summed E-state index contributed by atoms with van der Waals surface area (Å²) in [5.41, 5.74) is 2.85. The van der Waals surface area contributed by atoms with Crippen molar-refractivity contribution in [3.63, 3.8) is 0 Å². The van der Waals surface area contributed by atoms with Crippen LogP contribution in [0, 0.1) is 0 Å². The van der Waals surface area contributed by atoms with Gasteiger partial charge in [-0.25, -0.2) is 9.78 Å². The van der Waals surface area contributed by atoms with Crippen molar-refractivity contribution in [3.05, 3.63) is 76.8 Å². The molecular weight excluding hydrogens is 346 g/mol. The summed E-state index contributed by atoms with van der Waals surface area (Å²) in [7, 11) is 0. The lowest BCUT2D eigenvalue weighted by atomic mass is 10.0. The number of ketones is 1. The van der Waals surface area contributed by atoms with Crippen molar-refractivity contribution >= 4 is 23.1 Å². The van der Waals surface area contributed by atoms with Gasteiger partial charge in [0.25, 0.3) is 0 Å². The van der Waals surface area contributed by atoms with E-state index in [2.05, 4.69) is 11.9 Å². The molecule has 0 saturated heterocycles. The third-order valence-corrected chi connectivity index (χ3v) is 4.93. The molecule has 2 aromatic carbocycles. The van der Waals surface area contributed by atoms with E-state index in [-0.39, 0.29) is 11.5 Å². The summed E-state index contributed by atoms with van der Waals surface area (Å²) in [6.07, 6.45) is 0.0453. The first-order valence-corrected chi connectivity index (χ1v) is 9.31. The number of nitrogens with zero attached hydrogens (tertiary/aromatic N) is 1. The first kappa shape index (κ1) is 18.0. The monoisotopic (exact) mass is 365 g/mol. The first-order chi connectivity index (χ1) is 12.6. The number of hydrogen-bond donors (Lipinski definition) is 0. The Kier molecular flexibility index (Phi) is 5.58. The first-order valence-electron chi connectivity index (χ1n) is 8.43. The zero-order valence-electron chi connectivity index (χ0n) is 14.6. The van der Waals surface area contributed by atoms with Crippen molar-refractivity contribution in [2.75, 3.05) is 0 Å². The van der Waals surface area contributed by atoms with Crippen molar-refractivity contribution in [1.82, 2.24) is 4.98 Å². The van der Waals surface area contributed by atoms with E-state index in [4.69, 9.17) is 4.74 Å². The van der Waals surface area contributed by atoms with Crippen molar-refractivity contribution in [3.8, 4) is 10.6 Å². The molecule has 1 atom stereocenters. The molecule has 0 aliphatic heterocycles. The van der Waals surface area contributed by atoms with Gasteiger partial charge in [0, 0.05) is 16.5 Å². The molecule has 0 N–H and O–H groups in total. The van der Waals surface area contributed by atoms with Crippen LogP contribution in [0.5, 0.6) is 0 Å². The number of carbonyl (C=O) groups is 2. The fourth-order valence-electron chi connectivity index (χ4n) is 2.49. The number of thiazole rings is 1. The fourth-order valence-corrected chi connectivity index (χ4v) is 3.29. The molecule has 0 radical (unpaired) electrons. The minimum Gasteiger partial charge on any atom is -0.450 e. The molecule has 0 unspecified atom stereocenters. The molecule has 1 aromatic heterocycles. The number of aromatic nitrogens is 1. The topological polar surface area (TPSA) is 56.3 Å². The summed E-state index contributed by atoms with van der Waals surface area (Å²) >= 11 is 1.37. The van der Waals surface area contributed by atoms with Crippen LogP contribution in [0.15, 0.2) is 60.0 Å². The van der Waals surface area contributed by atoms with Gasteiger partial charge in [0.15, 0.2) is 11.8 Å². The van der Waals surface area contributed by atoms with E-state index in [0.29, 0.717) is 5.56 Å². The van der Waals surface area contributed by atoms with Crippen LogP contribution in [0.3, 0.4) is 0 Å². The molecule has 3 aromatic rings. The van der Waals surface area contributed by atoms with Gasteiger partial charge in [0.1, 0.15) is 5.01 Å². The van der Waals surface area contributed by atoms with Crippen LogP contribution < -0.4 is 0 Å². The Labute approximate surface area is 156 Å². The second-order valence-corrected chi connectivity index (χ2v) is 6.72. The van der Waals surface area contributed by atoms with E-state index in [0.717, 1.165) is 22.6 Å². The van der Waals surface area contributed by atoms with E-state index in [1.54, 1.807) is 24.4 Å². The third kappa shape index (κ3) is 4.06. The van der Waals surface area contributed by atoms with E-state index < -0.39 is 12.1 Å². The van der Waals surface area contributed by atoms with Crippen molar-refractivity contribution in [2.24, 2.45) is 0 Å². The Balaban J connectivity index is 1.67. The Morgan fingerprint density at radius 3 is 2.42 bits per heavy atom. The summed E-state index contributed by atoms with van der Waals surface area (Å²) in [5.74, 6) is -0.811. The van der Waals surface area contributed by atoms with Gasteiger partial charge in [-0.2, -0.15) is 0 Å². The second-order valence-electron chi connectivity index (χ2n) is 5.87. The number of carbonyl (C=O) groups excluding carboxylic acids is 2. The Bertz CT molecular complexity index is 901. The number of hydrogen-bond acceptors (Lipinski definition) is 5. The van der Waals surface area contributed by atoms with Gasteiger partial charge in [0.2, 0.25) is 5.78 Å². The fraction of sp³-hybridized carbons (Fsp3) is 0.190. The summed E-state index contributed by atoms with van der Waals surface area (Å²) in [5, 5.41) is 2.39. The maximum absolute atomic E-state index is 12.4. The van der Waals surface area contributed by atoms with Gasteiger partial charge >= 0.3 is 5.97 Å². The zero-order chi connectivity index (χ0) is 18.5. The lowest BCUT2D eigenvalue weighted by Gasteiger charge is -2.11. The highest BCUT2D eigenvalue weighted by Crippen LogP contribution is 2.24. The number of esters is 1. The van der Waals surface area contributed by atoms with Gasteiger partial charge in [0.05, 0.1) is 0 Å². The summed E-state index contributed by atoms with van der Waals surface area (Å²) in [4.78, 5) is 29.1. The van der Waals surface area contributed by atoms with Gasteiger partial charge in [-0.15, -0.1) is 11.3 Å². The highest BCUT2D eigenvalue weighted by atomic mass is 32.1. The van der Waals surface area contributed by atoms with Gasteiger partial charge in [-0.1, -0.05) is 61.5 Å². The molecule has 0 amide bonds. The van der Waals surface area contributed by atoms with Crippen molar-refractivity contribution in [2.45, 2.75) is 26.4 Å². The highest BCUT2D eigenvalue weighted by Gasteiger charge is 2.22. The van der Waals surface area contributed by atoms with Crippen LogP contribution in [0.1, 0.15) is 40.3 Å². The Morgan fingerprint density at radius 2 is 1.77 bits per heavy atom.